The van der Waals surface area contributed by atoms with Gasteiger partial charge in [-0.3, -0.25) is 4.79 Å². The lowest BCUT2D eigenvalue weighted by molar-refractivity contribution is -0.117. The number of aromatic nitrogens is 1. The van der Waals surface area contributed by atoms with Gasteiger partial charge in [-0.15, -0.1) is 0 Å². The van der Waals surface area contributed by atoms with E-state index in [0.717, 1.165) is 23.1 Å². The lowest BCUT2D eigenvalue weighted by atomic mass is 9.93. The van der Waals surface area contributed by atoms with E-state index in [1.807, 2.05) is 39.8 Å². The summed E-state index contributed by atoms with van der Waals surface area (Å²) in [5.74, 6) is 0.266. The number of carbonyl (C=O) groups excluding carboxylic acids is 2. The zero-order valence-corrected chi connectivity index (χ0v) is 17.2. The Morgan fingerprint density at radius 2 is 2.00 bits per heavy atom. The number of nitrogens with zero attached hydrogens (tertiary/aromatic N) is 2. The molecule has 1 saturated heterocycles. The summed E-state index contributed by atoms with van der Waals surface area (Å²) in [5.41, 5.74) is 1.61. The number of hydrogen-bond acceptors (Lipinski definition) is 5. The standard InChI is InChI=1S/C20H27N3O3S/c1-13-5-6-15-16(11-13)27-18(21-15)22-17(24)12-14-7-9-23(10-8-14)19(25)26-20(2,3)4/h5-6,11,14H,7-10,12H2,1-4H3,(H,21,22,24). The molecule has 0 bridgehead atoms. The fraction of sp³-hybridized carbons (Fsp3) is 0.550. The molecule has 1 aromatic heterocycles. The molecule has 7 heteroatoms. The minimum atomic E-state index is -0.483. The maximum atomic E-state index is 12.4. The molecule has 27 heavy (non-hydrogen) atoms. The van der Waals surface area contributed by atoms with Gasteiger partial charge in [0.05, 0.1) is 10.2 Å². The predicted molar refractivity (Wildman–Crippen MR) is 108 cm³/mol. The molecule has 2 heterocycles. The molecule has 146 valence electrons. The lowest BCUT2D eigenvalue weighted by Crippen LogP contribution is -2.42. The SMILES string of the molecule is Cc1ccc2nc(NC(=O)CC3CCN(C(=O)OC(C)(C)C)CC3)sc2c1. The van der Waals surface area contributed by atoms with Crippen LogP contribution in [0.4, 0.5) is 9.93 Å². The quantitative estimate of drug-likeness (QED) is 0.834. The highest BCUT2D eigenvalue weighted by Gasteiger charge is 2.27. The van der Waals surface area contributed by atoms with Crippen molar-refractivity contribution in [3.8, 4) is 0 Å². The molecule has 0 aliphatic carbocycles. The molecule has 2 aromatic rings. The van der Waals surface area contributed by atoms with Crippen LogP contribution < -0.4 is 5.32 Å². The zero-order chi connectivity index (χ0) is 19.6. The molecule has 1 aliphatic heterocycles. The van der Waals surface area contributed by atoms with Crippen molar-refractivity contribution in [2.75, 3.05) is 18.4 Å². The largest absolute Gasteiger partial charge is 0.444 e. The molecule has 6 nitrogen and oxygen atoms in total. The Morgan fingerprint density at radius 3 is 2.67 bits per heavy atom. The maximum absolute atomic E-state index is 12.4. The summed E-state index contributed by atoms with van der Waals surface area (Å²) in [5, 5.41) is 3.57. The van der Waals surface area contributed by atoms with Crippen LogP contribution in [0.2, 0.25) is 0 Å². The third-order valence-corrected chi connectivity index (χ3v) is 5.46. The first-order valence-corrected chi connectivity index (χ1v) is 10.2. The highest BCUT2D eigenvalue weighted by molar-refractivity contribution is 7.22. The Hall–Kier alpha value is -2.15. The minimum absolute atomic E-state index is 0.0125. The van der Waals surface area contributed by atoms with Crippen molar-refractivity contribution in [2.45, 2.75) is 52.6 Å². The molecule has 1 aliphatic rings. The summed E-state index contributed by atoms with van der Waals surface area (Å²) in [6, 6.07) is 6.07. The molecule has 0 atom stereocenters. The highest BCUT2D eigenvalue weighted by atomic mass is 32.1. The second kappa shape index (κ2) is 7.84. The summed E-state index contributed by atoms with van der Waals surface area (Å²) in [6.45, 7) is 8.91. The first-order valence-electron chi connectivity index (χ1n) is 9.34. The maximum Gasteiger partial charge on any atom is 0.410 e. The van der Waals surface area contributed by atoms with Gasteiger partial charge < -0.3 is 15.0 Å². The number of ether oxygens (including phenoxy) is 1. The first-order chi connectivity index (χ1) is 12.7. The number of likely N-dealkylation sites (tertiary alicyclic amines) is 1. The van der Waals surface area contributed by atoms with Crippen LogP contribution in [-0.2, 0) is 9.53 Å². The predicted octanol–water partition coefficient (Wildman–Crippen LogP) is 4.58. The van der Waals surface area contributed by atoms with Crippen molar-refractivity contribution in [3.63, 3.8) is 0 Å². The molecule has 3 rings (SSSR count). The summed E-state index contributed by atoms with van der Waals surface area (Å²) in [6.07, 6.45) is 1.81. The molecule has 1 fully saturated rings. The van der Waals surface area contributed by atoms with Crippen LogP contribution in [0.15, 0.2) is 18.2 Å². The van der Waals surface area contributed by atoms with E-state index in [9.17, 15) is 9.59 Å². The Morgan fingerprint density at radius 1 is 1.30 bits per heavy atom. The van der Waals surface area contributed by atoms with Gasteiger partial charge in [-0.1, -0.05) is 17.4 Å². The number of fused-ring (bicyclic) bond motifs is 1. The zero-order valence-electron chi connectivity index (χ0n) is 16.4. The van der Waals surface area contributed by atoms with Gasteiger partial charge in [0, 0.05) is 19.5 Å². The van der Waals surface area contributed by atoms with Gasteiger partial charge in [0.15, 0.2) is 5.13 Å². The second-order valence-corrected chi connectivity index (χ2v) is 9.18. The van der Waals surface area contributed by atoms with Crippen LogP contribution in [0.1, 0.15) is 45.6 Å². The summed E-state index contributed by atoms with van der Waals surface area (Å²) in [7, 11) is 0. The molecule has 0 spiro atoms. The molecule has 0 unspecified atom stereocenters. The smallest absolute Gasteiger partial charge is 0.410 e. The van der Waals surface area contributed by atoms with Crippen LogP contribution in [0, 0.1) is 12.8 Å². The Labute approximate surface area is 163 Å². The average molecular weight is 390 g/mol. The second-order valence-electron chi connectivity index (χ2n) is 8.15. The van der Waals surface area contributed by atoms with Gasteiger partial charge in [-0.05, 0) is 64.2 Å². The Balaban J connectivity index is 1.48. The van der Waals surface area contributed by atoms with Crippen molar-refractivity contribution in [3.05, 3.63) is 23.8 Å². The van der Waals surface area contributed by atoms with Crippen molar-refractivity contribution >= 4 is 38.7 Å². The van der Waals surface area contributed by atoms with Crippen LogP contribution in [0.5, 0.6) is 0 Å². The first kappa shape index (κ1) is 19.6. The normalized spacial score (nSPS) is 15.8. The monoisotopic (exact) mass is 389 g/mol. The van der Waals surface area contributed by atoms with Crippen LogP contribution in [0.25, 0.3) is 10.2 Å². The third-order valence-electron chi connectivity index (χ3n) is 4.53. The molecule has 0 radical (unpaired) electrons. The number of amides is 2. The minimum Gasteiger partial charge on any atom is -0.444 e. The number of benzene rings is 1. The number of piperidine rings is 1. The molecular formula is C20H27N3O3S. The van der Waals surface area contributed by atoms with E-state index in [2.05, 4.69) is 16.4 Å². The number of carbonyl (C=O) groups is 2. The summed E-state index contributed by atoms with van der Waals surface area (Å²) < 4.78 is 6.49. The molecule has 2 amide bonds. The van der Waals surface area contributed by atoms with Crippen LogP contribution >= 0.6 is 11.3 Å². The third kappa shape index (κ3) is 5.42. The highest BCUT2D eigenvalue weighted by Crippen LogP contribution is 2.28. The number of thiazole rings is 1. The summed E-state index contributed by atoms with van der Waals surface area (Å²) in [4.78, 5) is 30.7. The lowest BCUT2D eigenvalue weighted by Gasteiger charge is -2.33. The number of aryl methyl sites for hydroxylation is 1. The van der Waals surface area contributed by atoms with Gasteiger partial charge >= 0.3 is 6.09 Å². The van der Waals surface area contributed by atoms with E-state index in [1.165, 1.54) is 16.9 Å². The molecule has 1 aromatic carbocycles. The van der Waals surface area contributed by atoms with Crippen molar-refractivity contribution < 1.29 is 14.3 Å². The fourth-order valence-corrected chi connectivity index (χ4v) is 4.14. The van der Waals surface area contributed by atoms with Gasteiger partial charge in [0.1, 0.15) is 5.60 Å². The van der Waals surface area contributed by atoms with Gasteiger partial charge in [-0.2, -0.15) is 0 Å². The number of rotatable bonds is 3. The van der Waals surface area contributed by atoms with E-state index in [0.29, 0.717) is 24.6 Å². The number of hydrogen-bond donors (Lipinski definition) is 1. The van der Waals surface area contributed by atoms with E-state index < -0.39 is 5.60 Å². The fourth-order valence-electron chi connectivity index (χ4n) is 3.16. The summed E-state index contributed by atoms with van der Waals surface area (Å²) >= 11 is 1.50. The molecule has 1 N–H and O–H groups in total. The molecule has 0 saturated carbocycles. The van der Waals surface area contributed by atoms with Crippen LogP contribution in [0.3, 0.4) is 0 Å². The van der Waals surface area contributed by atoms with Crippen molar-refractivity contribution in [2.24, 2.45) is 5.92 Å². The topological polar surface area (TPSA) is 71.5 Å². The average Bonchev–Trinajstić information content (AvgIpc) is 2.94. The molecular weight excluding hydrogens is 362 g/mol. The van der Waals surface area contributed by atoms with E-state index >= 15 is 0 Å². The van der Waals surface area contributed by atoms with E-state index in [4.69, 9.17) is 4.74 Å². The van der Waals surface area contributed by atoms with E-state index in [1.54, 1.807) is 4.90 Å². The van der Waals surface area contributed by atoms with Gasteiger partial charge in [-0.25, -0.2) is 9.78 Å². The Bertz CT molecular complexity index is 833. The number of anilines is 1. The van der Waals surface area contributed by atoms with Crippen molar-refractivity contribution in [1.29, 1.82) is 0 Å². The van der Waals surface area contributed by atoms with Crippen molar-refractivity contribution in [1.82, 2.24) is 9.88 Å². The van der Waals surface area contributed by atoms with Gasteiger partial charge in [0.25, 0.3) is 0 Å². The Kier molecular flexibility index (Phi) is 5.69. The van der Waals surface area contributed by atoms with Gasteiger partial charge in [0.2, 0.25) is 5.91 Å². The van der Waals surface area contributed by atoms with Crippen LogP contribution in [-0.4, -0.2) is 40.6 Å². The van der Waals surface area contributed by atoms with E-state index in [-0.39, 0.29) is 17.9 Å². The number of nitrogens with one attached hydrogen (secondary N) is 1.